The molecule has 21 heavy (non-hydrogen) atoms. The number of fused-ring (bicyclic) bond motifs is 1. The van der Waals surface area contributed by atoms with Crippen molar-refractivity contribution in [3.63, 3.8) is 0 Å². The van der Waals surface area contributed by atoms with E-state index in [1.807, 2.05) is 29.7 Å². The quantitative estimate of drug-likeness (QED) is 0.695. The molecule has 0 saturated heterocycles. The molecule has 3 rings (SSSR count). The Morgan fingerprint density at radius 2 is 2.24 bits per heavy atom. The fourth-order valence-electron chi connectivity index (χ4n) is 2.22. The van der Waals surface area contributed by atoms with E-state index in [1.54, 1.807) is 13.4 Å². The zero-order valence-corrected chi connectivity index (χ0v) is 13.4. The number of rotatable bonds is 5. The van der Waals surface area contributed by atoms with Crippen LogP contribution in [0.1, 0.15) is 5.69 Å². The Labute approximate surface area is 130 Å². The normalized spacial score (nSPS) is 11.2. The number of pyridine rings is 1. The molecular weight excluding hydrogens is 334 g/mol. The summed E-state index contributed by atoms with van der Waals surface area (Å²) >= 11 is 3.50. The van der Waals surface area contributed by atoms with Gasteiger partial charge < -0.3 is 15.0 Å². The SMILES string of the molecule is COCCNc1c(-c2nc[nH]c2C)nc2ccc(Br)cn12. The van der Waals surface area contributed by atoms with Crippen LogP contribution in [-0.2, 0) is 4.74 Å². The third-order valence-electron chi connectivity index (χ3n) is 3.24. The monoisotopic (exact) mass is 349 g/mol. The summed E-state index contributed by atoms with van der Waals surface area (Å²) in [6.07, 6.45) is 3.67. The maximum absolute atomic E-state index is 5.11. The second kappa shape index (κ2) is 5.87. The number of hydrogen-bond acceptors (Lipinski definition) is 4. The van der Waals surface area contributed by atoms with Gasteiger partial charge in [0.2, 0.25) is 0 Å². The lowest BCUT2D eigenvalue weighted by molar-refractivity contribution is 0.210. The van der Waals surface area contributed by atoms with Crippen LogP contribution in [0.2, 0.25) is 0 Å². The summed E-state index contributed by atoms with van der Waals surface area (Å²) in [4.78, 5) is 12.2. The Morgan fingerprint density at radius 1 is 1.38 bits per heavy atom. The van der Waals surface area contributed by atoms with Gasteiger partial charge in [-0.1, -0.05) is 0 Å². The molecule has 0 fully saturated rings. The third kappa shape index (κ3) is 2.66. The van der Waals surface area contributed by atoms with Gasteiger partial charge in [0.15, 0.2) is 0 Å². The van der Waals surface area contributed by atoms with Gasteiger partial charge in [-0.05, 0) is 35.0 Å². The molecule has 110 valence electrons. The predicted molar refractivity (Wildman–Crippen MR) is 85.6 cm³/mol. The molecule has 0 aliphatic rings. The van der Waals surface area contributed by atoms with Gasteiger partial charge in [0, 0.05) is 30.0 Å². The van der Waals surface area contributed by atoms with Crippen molar-refractivity contribution >= 4 is 27.4 Å². The Balaban J connectivity index is 2.13. The average Bonchev–Trinajstić information content (AvgIpc) is 3.03. The predicted octanol–water partition coefficient (Wildman–Crippen LogP) is 2.85. The largest absolute Gasteiger partial charge is 0.383 e. The van der Waals surface area contributed by atoms with Crippen molar-refractivity contribution in [2.75, 3.05) is 25.6 Å². The summed E-state index contributed by atoms with van der Waals surface area (Å²) in [7, 11) is 1.69. The number of halogens is 1. The number of methoxy groups -OCH3 is 1. The molecule has 0 aromatic carbocycles. The number of aryl methyl sites for hydroxylation is 1. The lowest BCUT2D eigenvalue weighted by Gasteiger charge is -2.08. The number of nitrogens with one attached hydrogen (secondary N) is 2. The molecule has 3 aromatic rings. The van der Waals surface area contributed by atoms with Crippen LogP contribution in [0.25, 0.3) is 17.0 Å². The summed E-state index contributed by atoms with van der Waals surface area (Å²) in [5.41, 5.74) is 3.56. The van der Waals surface area contributed by atoms with Crippen molar-refractivity contribution in [3.05, 3.63) is 34.8 Å². The highest BCUT2D eigenvalue weighted by Gasteiger charge is 2.17. The molecule has 0 spiro atoms. The molecule has 3 aromatic heterocycles. The molecule has 0 amide bonds. The fraction of sp³-hybridized carbons (Fsp3) is 0.286. The van der Waals surface area contributed by atoms with Gasteiger partial charge in [-0.15, -0.1) is 0 Å². The zero-order valence-electron chi connectivity index (χ0n) is 11.9. The van der Waals surface area contributed by atoms with Gasteiger partial charge in [-0.2, -0.15) is 0 Å². The van der Waals surface area contributed by atoms with Crippen LogP contribution >= 0.6 is 15.9 Å². The first kappa shape index (κ1) is 14.1. The van der Waals surface area contributed by atoms with E-state index in [9.17, 15) is 0 Å². The molecule has 0 atom stereocenters. The van der Waals surface area contributed by atoms with Crippen LogP contribution in [-0.4, -0.2) is 39.6 Å². The number of aromatic amines is 1. The lowest BCUT2D eigenvalue weighted by Crippen LogP contribution is -2.10. The van der Waals surface area contributed by atoms with E-state index in [0.29, 0.717) is 13.2 Å². The lowest BCUT2D eigenvalue weighted by atomic mass is 10.2. The van der Waals surface area contributed by atoms with Crippen LogP contribution < -0.4 is 5.32 Å². The second-order valence-electron chi connectivity index (χ2n) is 4.68. The highest BCUT2D eigenvalue weighted by Crippen LogP contribution is 2.29. The topological polar surface area (TPSA) is 67.2 Å². The van der Waals surface area contributed by atoms with Crippen LogP contribution in [0.5, 0.6) is 0 Å². The molecule has 0 bridgehead atoms. The van der Waals surface area contributed by atoms with Crippen molar-refractivity contribution in [1.82, 2.24) is 19.4 Å². The minimum Gasteiger partial charge on any atom is -0.383 e. The van der Waals surface area contributed by atoms with E-state index in [2.05, 4.69) is 31.2 Å². The minimum absolute atomic E-state index is 0.625. The van der Waals surface area contributed by atoms with Crippen LogP contribution in [0, 0.1) is 6.92 Å². The summed E-state index contributed by atoms with van der Waals surface area (Å²) in [6.45, 7) is 3.31. The van der Waals surface area contributed by atoms with Crippen molar-refractivity contribution in [2.45, 2.75) is 6.92 Å². The first-order valence-corrected chi connectivity index (χ1v) is 7.40. The summed E-state index contributed by atoms with van der Waals surface area (Å²) < 4.78 is 8.12. The molecule has 0 saturated carbocycles. The van der Waals surface area contributed by atoms with Crippen LogP contribution in [0.15, 0.2) is 29.1 Å². The standard InChI is InChI=1S/C14H16BrN5O/c1-9-12(18-8-17-9)13-14(16-5-6-21-2)20-7-10(15)3-4-11(20)19-13/h3-4,7-8,16H,5-6H2,1-2H3,(H,17,18). The Hall–Kier alpha value is -1.86. The van der Waals surface area contributed by atoms with E-state index in [1.165, 1.54) is 0 Å². The summed E-state index contributed by atoms with van der Waals surface area (Å²) in [5.74, 6) is 0.915. The first-order chi connectivity index (χ1) is 10.2. The molecule has 3 heterocycles. The van der Waals surface area contributed by atoms with Crippen LogP contribution in [0.3, 0.4) is 0 Å². The van der Waals surface area contributed by atoms with Crippen molar-refractivity contribution in [3.8, 4) is 11.4 Å². The number of aromatic nitrogens is 4. The minimum atomic E-state index is 0.625. The molecule has 0 aliphatic heterocycles. The molecule has 0 aliphatic carbocycles. The number of H-pyrrole nitrogens is 1. The highest BCUT2D eigenvalue weighted by molar-refractivity contribution is 9.10. The van der Waals surface area contributed by atoms with Crippen molar-refractivity contribution in [2.24, 2.45) is 0 Å². The summed E-state index contributed by atoms with van der Waals surface area (Å²) in [6, 6.07) is 3.94. The van der Waals surface area contributed by atoms with E-state index in [4.69, 9.17) is 9.72 Å². The number of imidazole rings is 2. The van der Waals surface area contributed by atoms with Gasteiger partial charge in [0.1, 0.15) is 22.9 Å². The molecule has 0 unspecified atom stereocenters. The van der Waals surface area contributed by atoms with Gasteiger partial charge in [-0.3, -0.25) is 4.40 Å². The summed E-state index contributed by atoms with van der Waals surface area (Å²) in [5, 5.41) is 3.38. The number of nitrogens with zero attached hydrogens (tertiary/aromatic N) is 3. The average molecular weight is 350 g/mol. The smallest absolute Gasteiger partial charge is 0.140 e. The fourth-order valence-corrected chi connectivity index (χ4v) is 2.56. The van der Waals surface area contributed by atoms with Crippen LogP contribution in [0.4, 0.5) is 5.82 Å². The molecule has 2 N–H and O–H groups in total. The van der Waals surface area contributed by atoms with E-state index in [-0.39, 0.29) is 0 Å². The maximum Gasteiger partial charge on any atom is 0.140 e. The number of hydrogen-bond donors (Lipinski definition) is 2. The first-order valence-electron chi connectivity index (χ1n) is 6.61. The molecule has 0 radical (unpaired) electrons. The van der Waals surface area contributed by atoms with Gasteiger partial charge in [0.05, 0.1) is 12.9 Å². The Morgan fingerprint density at radius 3 is 2.95 bits per heavy atom. The maximum atomic E-state index is 5.11. The number of anilines is 1. The Kier molecular flexibility index (Phi) is 3.94. The highest BCUT2D eigenvalue weighted by atomic mass is 79.9. The molecule has 7 heteroatoms. The molecular formula is C14H16BrN5O. The van der Waals surface area contributed by atoms with E-state index < -0.39 is 0 Å². The zero-order chi connectivity index (χ0) is 14.8. The second-order valence-corrected chi connectivity index (χ2v) is 5.60. The van der Waals surface area contributed by atoms with E-state index in [0.717, 1.165) is 33.0 Å². The number of ether oxygens (including phenoxy) is 1. The van der Waals surface area contributed by atoms with Gasteiger partial charge >= 0.3 is 0 Å². The van der Waals surface area contributed by atoms with Crippen molar-refractivity contribution in [1.29, 1.82) is 0 Å². The van der Waals surface area contributed by atoms with Gasteiger partial charge in [-0.25, -0.2) is 9.97 Å². The Bertz CT molecular complexity index is 764. The molecule has 6 nitrogen and oxygen atoms in total. The van der Waals surface area contributed by atoms with Gasteiger partial charge in [0.25, 0.3) is 0 Å². The third-order valence-corrected chi connectivity index (χ3v) is 3.70. The van der Waals surface area contributed by atoms with Crippen molar-refractivity contribution < 1.29 is 4.74 Å². The van der Waals surface area contributed by atoms with E-state index >= 15 is 0 Å².